The SMILES string of the molecule is CN(C(=O)OS(C)(=O)=O)c1c(C#N)nn(-c2c(Cl)cc(C(F)(F)F)cc2Cl)c1N. The molecule has 0 saturated carbocycles. The molecule has 0 bridgehead atoms. The van der Waals surface area contributed by atoms with E-state index in [1.165, 1.54) is 0 Å². The van der Waals surface area contributed by atoms with E-state index in [1.54, 1.807) is 6.07 Å². The zero-order chi connectivity index (χ0) is 22.3. The summed E-state index contributed by atoms with van der Waals surface area (Å²) in [5, 5.41) is 12.1. The van der Waals surface area contributed by atoms with Crippen LogP contribution in [0, 0.1) is 11.3 Å². The van der Waals surface area contributed by atoms with E-state index < -0.39 is 49.5 Å². The summed E-state index contributed by atoms with van der Waals surface area (Å²) in [6, 6.07) is 2.78. The molecule has 29 heavy (non-hydrogen) atoms. The van der Waals surface area contributed by atoms with Crippen LogP contribution in [0.5, 0.6) is 0 Å². The monoisotopic (exact) mass is 471 g/mol. The highest BCUT2D eigenvalue weighted by Crippen LogP contribution is 2.40. The summed E-state index contributed by atoms with van der Waals surface area (Å²) in [6.45, 7) is 0. The van der Waals surface area contributed by atoms with Crippen molar-refractivity contribution < 1.29 is 30.6 Å². The fourth-order valence-corrected chi connectivity index (χ4v) is 3.23. The maximum atomic E-state index is 12.9. The van der Waals surface area contributed by atoms with Crippen molar-refractivity contribution in [1.82, 2.24) is 9.78 Å². The van der Waals surface area contributed by atoms with Crippen LogP contribution in [0.15, 0.2) is 12.1 Å². The van der Waals surface area contributed by atoms with E-state index in [-0.39, 0.29) is 11.4 Å². The molecule has 0 radical (unpaired) electrons. The van der Waals surface area contributed by atoms with Crippen molar-refractivity contribution in [2.75, 3.05) is 23.9 Å². The molecule has 0 aliphatic carbocycles. The van der Waals surface area contributed by atoms with Crippen molar-refractivity contribution >= 4 is 50.9 Å². The zero-order valence-corrected chi connectivity index (χ0v) is 16.8. The van der Waals surface area contributed by atoms with E-state index in [1.807, 2.05) is 0 Å². The van der Waals surface area contributed by atoms with Crippen LogP contribution in [0.25, 0.3) is 5.69 Å². The number of halogens is 5. The van der Waals surface area contributed by atoms with Crippen LogP contribution in [0.3, 0.4) is 0 Å². The lowest BCUT2D eigenvalue weighted by molar-refractivity contribution is -0.137. The summed E-state index contributed by atoms with van der Waals surface area (Å²) in [7, 11) is -3.13. The van der Waals surface area contributed by atoms with Gasteiger partial charge in [-0.15, -0.1) is 0 Å². The Labute approximate surface area is 172 Å². The molecule has 1 aromatic heterocycles. The van der Waals surface area contributed by atoms with Gasteiger partial charge in [0.25, 0.3) is 0 Å². The Bertz CT molecular complexity index is 1120. The first kappa shape index (κ1) is 22.6. The number of anilines is 2. The van der Waals surface area contributed by atoms with E-state index in [9.17, 15) is 31.6 Å². The van der Waals surface area contributed by atoms with E-state index in [0.29, 0.717) is 23.3 Å². The topological polar surface area (TPSA) is 131 Å². The summed E-state index contributed by atoms with van der Waals surface area (Å²) < 4.78 is 65.9. The Morgan fingerprint density at radius 1 is 1.34 bits per heavy atom. The smallest absolute Gasteiger partial charge is 0.382 e. The van der Waals surface area contributed by atoms with Crippen LogP contribution in [-0.4, -0.2) is 37.6 Å². The lowest BCUT2D eigenvalue weighted by Gasteiger charge is -2.16. The number of hydrogen-bond acceptors (Lipinski definition) is 7. The minimum Gasteiger partial charge on any atom is -0.382 e. The largest absolute Gasteiger partial charge is 0.429 e. The van der Waals surface area contributed by atoms with Crippen LogP contribution >= 0.6 is 23.2 Å². The van der Waals surface area contributed by atoms with E-state index in [4.69, 9.17) is 28.9 Å². The summed E-state index contributed by atoms with van der Waals surface area (Å²) in [4.78, 5) is 12.5. The molecule has 0 fully saturated rings. The Balaban J connectivity index is 2.64. The third kappa shape index (κ3) is 4.66. The number of aromatic nitrogens is 2. The number of nitrogens with zero attached hydrogens (tertiary/aromatic N) is 4. The lowest BCUT2D eigenvalue weighted by Crippen LogP contribution is -2.30. The number of amides is 1. The number of nitrogens with two attached hydrogens (primary N) is 1. The number of alkyl halides is 3. The summed E-state index contributed by atoms with van der Waals surface area (Å²) in [6.07, 6.45) is -5.50. The van der Waals surface area contributed by atoms with Crippen molar-refractivity contribution in [2.24, 2.45) is 0 Å². The summed E-state index contributed by atoms with van der Waals surface area (Å²) >= 11 is 11.8. The van der Waals surface area contributed by atoms with Gasteiger partial charge in [0.15, 0.2) is 11.5 Å². The second-order valence-electron chi connectivity index (χ2n) is 5.50. The Kier molecular flexibility index (Phi) is 5.94. The maximum Gasteiger partial charge on any atom is 0.429 e. The van der Waals surface area contributed by atoms with Crippen molar-refractivity contribution in [3.8, 4) is 11.8 Å². The van der Waals surface area contributed by atoms with Gasteiger partial charge in [-0.2, -0.15) is 31.9 Å². The Hall–Kier alpha value is -2.69. The van der Waals surface area contributed by atoms with Crippen molar-refractivity contribution in [1.29, 1.82) is 5.26 Å². The van der Waals surface area contributed by atoms with Gasteiger partial charge in [0.05, 0.1) is 21.9 Å². The number of rotatable bonds is 3. The first-order chi connectivity index (χ1) is 13.2. The molecule has 1 heterocycles. The first-order valence-corrected chi connectivity index (χ1v) is 9.77. The third-order valence-corrected chi connectivity index (χ3v) is 4.41. The zero-order valence-electron chi connectivity index (χ0n) is 14.5. The van der Waals surface area contributed by atoms with Gasteiger partial charge in [-0.05, 0) is 12.1 Å². The van der Waals surface area contributed by atoms with Gasteiger partial charge in [-0.1, -0.05) is 23.2 Å². The number of nitriles is 1. The lowest BCUT2D eigenvalue weighted by atomic mass is 10.2. The van der Waals surface area contributed by atoms with Crippen molar-refractivity contribution in [2.45, 2.75) is 6.18 Å². The quantitative estimate of drug-likeness (QED) is 0.679. The summed E-state index contributed by atoms with van der Waals surface area (Å²) in [5.74, 6) is -0.432. The molecular weight excluding hydrogens is 462 g/mol. The van der Waals surface area contributed by atoms with Gasteiger partial charge in [-0.25, -0.2) is 9.48 Å². The highest BCUT2D eigenvalue weighted by Gasteiger charge is 2.33. The fourth-order valence-electron chi connectivity index (χ4n) is 2.21. The number of hydrogen-bond donors (Lipinski definition) is 1. The maximum absolute atomic E-state index is 12.9. The van der Waals surface area contributed by atoms with Gasteiger partial charge < -0.3 is 9.92 Å². The molecular formula is C14H10Cl2F3N5O4S. The van der Waals surface area contributed by atoms with Crippen LogP contribution in [0.4, 0.5) is 29.5 Å². The molecule has 0 saturated heterocycles. The van der Waals surface area contributed by atoms with Crippen LogP contribution in [0.2, 0.25) is 10.0 Å². The van der Waals surface area contributed by atoms with Crippen molar-refractivity contribution in [3.05, 3.63) is 33.4 Å². The highest BCUT2D eigenvalue weighted by molar-refractivity contribution is 7.86. The summed E-state index contributed by atoms with van der Waals surface area (Å²) in [5.41, 5.74) is 3.64. The van der Waals surface area contributed by atoms with Gasteiger partial charge in [0.2, 0.25) is 0 Å². The van der Waals surface area contributed by atoms with E-state index in [2.05, 4.69) is 9.28 Å². The molecule has 15 heteroatoms. The average Bonchev–Trinajstić information content (AvgIpc) is 2.87. The third-order valence-electron chi connectivity index (χ3n) is 3.39. The van der Waals surface area contributed by atoms with Crippen LogP contribution in [-0.2, 0) is 20.5 Å². The molecule has 0 aliphatic heterocycles. The molecule has 9 nitrogen and oxygen atoms in total. The Morgan fingerprint density at radius 2 is 1.86 bits per heavy atom. The van der Waals surface area contributed by atoms with Gasteiger partial charge in [-0.3, -0.25) is 4.90 Å². The molecule has 0 atom stereocenters. The normalized spacial score (nSPS) is 11.8. The van der Waals surface area contributed by atoms with Crippen LogP contribution in [0.1, 0.15) is 11.3 Å². The molecule has 0 spiro atoms. The molecule has 156 valence electrons. The first-order valence-electron chi connectivity index (χ1n) is 7.19. The molecule has 1 amide bonds. The number of nitrogen functional groups attached to an aromatic ring is 1. The molecule has 2 N–H and O–H groups in total. The van der Waals surface area contributed by atoms with E-state index in [0.717, 1.165) is 11.7 Å². The van der Waals surface area contributed by atoms with E-state index >= 15 is 0 Å². The minimum atomic E-state index is -4.72. The second kappa shape index (κ2) is 7.62. The molecule has 1 aromatic carbocycles. The highest BCUT2D eigenvalue weighted by atomic mass is 35.5. The van der Waals surface area contributed by atoms with Gasteiger partial charge in [0, 0.05) is 7.05 Å². The van der Waals surface area contributed by atoms with Crippen molar-refractivity contribution in [3.63, 3.8) is 0 Å². The molecule has 0 aliphatic rings. The van der Waals surface area contributed by atoms with Crippen LogP contribution < -0.4 is 10.6 Å². The molecule has 2 rings (SSSR count). The average molecular weight is 472 g/mol. The predicted octanol–water partition coefficient (Wildman–Crippen LogP) is 3.18. The molecule has 2 aromatic rings. The second-order valence-corrected chi connectivity index (χ2v) is 7.89. The number of carbonyl (C=O) groups is 1. The standard InChI is InChI=1S/C14H10Cl2F3N5O4S/c1-23(13(25)28-29(2,26)27)11-9(5-20)22-24(12(11)21)10-7(15)3-6(4-8(10)16)14(17,18)19/h3-4H,21H2,1-2H3. The fraction of sp³-hybridized carbons (Fsp3) is 0.214. The minimum absolute atomic E-state index is 0.286. The molecule has 0 unspecified atom stereocenters. The van der Waals surface area contributed by atoms with Gasteiger partial charge >= 0.3 is 22.4 Å². The van der Waals surface area contributed by atoms with Gasteiger partial charge in [0.1, 0.15) is 17.4 Å². The number of benzene rings is 1. The predicted molar refractivity (Wildman–Crippen MR) is 97.4 cm³/mol. The number of carbonyl (C=O) groups excluding carboxylic acids is 1. The Morgan fingerprint density at radius 3 is 2.28 bits per heavy atom.